The van der Waals surface area contributed by atoms with Gasteiger partial charge >= 0.3 is 0 Å². The maximum absolute atomic E-state index is 11.9. The SMILES string of the molecule is CCOc1nc2c(s1)C(=O)C(C#N)C(C)=N2. The summed E-state index contributed by atoms with van der Waals surface area (Å²) in [5.74, 6) is -0.627. The van der Waals surface area contributed by atoms with Gasteiger partial charge in [-0.25, -0.2) is 4.99 Å². The molecule has 6 heteroatoms. The van der Waals surface area contributed by atoms with E-state index in [0.29, 0.717) is 28.2 Å². The zero-order chi connectivity index (χ0) is 11.7. The van der Waals surface area contributed by atoms with Gasteiger partial charge in [0, 0.05) is 5.71 Å². The molecule has 0 aliphatic carbocycles. The van der Waals surface area contributed by atoms with Crippen LogP contribution in [0.3, 0.4) is 0 Å². The molecule has 82 valence electrons. The summed E-state index contributed by atoms with van der Waals surface area (Å²) in [5, 5.41) is 9.30. The lowest BCUT2D eigenvalue weighted by atomic mass is 9.97. The van der Waals surface area contributed by atoms with Crippen molar-refractivity contribution in [3.63, 3.8) is 0 Å². The molecule has 2 heterocycles. The van der Waals surface area contributed by atoms with Crippen molar-refractivity contribution in [3.05, 3.63) is 4.88 Å². The highest BCUT2D eigenvalue weighted by Crippen LogP contribution is 2.36. The third kappa shape index (κ3) is 1.59. The van der Waals surface area contributed by atoms with Gasteiger partial charge in [-0.3, -0.25) is 4.79 Å². The Morgan fingerprint density at radius 3 is 3.00 bits per heavy atom. The fraction of sp³-hybridized carbons (Fsp3) is 0.400. The summed E-state index contributed by atoms with van der Waals surface area (Å²) >= 11 is 1.15. The van der Waals surface area contributed by atoms with E-state index in [0.717, 1.165) is 11.3 Å². The largest absolute Gasteiger partial charge is 0.470 e. The van der Waals surface area contributed by atoms with E-state index < -0.39 is 5.92 Å². The molecule has 5 nitrogen and oxygen atoms in total. The number of carbonyl (C=O) groups is 1. The van der Waals surface area contributed by atoms with Gasteiger partial charge in [-0.1, -0.05) is 11.3 Å². The minimum Gasteiger partial charge on any atom is -0.470 e. The van der Waals surface area contributed by atoms with Crippen LogP contribution in [0.5, 0.6) is 5.19 Å². The second-order valence-corrected chi connectivity index (χ2v) is 4.21. The molecule has 1 aliphatic heterocycles. The molecule has 0 amide bonds. The lowest BCUT2D eigenvalue weighted by Crippen LogP contribution is -2.22. The average Bonchev–Trinajstić information content (AvgIpc) is 2.62. The Labute approximate surface area is 96.4 Å². The van der Waals surface area contributed by atoms with Crippen LogP contribution in [0.4, 0.5) is 5.82 Å². The van der Waals surface area contributed by atoms with E-state index in [1.807, 2.05) is 13.0 Å². The number of carbonyl (C=O) groups excluding carboxylic acids is 1. The van der Waals surface area contributed by atoms with Crippen LogP contribution < -0.4 is 4.74 Å². The van der Waals surface area contributed by atoms with Crippen LogP contribution in [0, 0.1) is 17.2 Å². The van der Waals surface area contributed by atoms with E-state index in [4.69, 9.17) is 10.00 Å². The highest BCUT2D eigenvalue weighted by Gasteiger charge is 2.32. The fourth-order valence-electron chi connectivity index (χ4n) is 1.42. The van der Waals surface area contributed by atoms with E-state index in [1.54, 1.807) is 6.92 Å². The Balaban J connectivity index is 2.46. The first-order valence-corrected chi connectivity index (χ1v) is 5.61. The number of hydrogen-bond acceptors (Lipinski definition) is 6. The summed E-state index contributed by atoms with van der Waals surface area (Å²) in [7, 11) is 0. The van der Waals surface area contributed by atoms with E-state index in [2.05, 4.69) is 9.98 Å². The molecule has 0 radical (unpaired) electrons. The first kappa shape index (κ1) is 10.8. The number of ether oxygens (including phenoxy) is 1. The Bertz CT molecular complexity index is 513. The van der Waals surface area contributed by atoms with Crippen LogP contribution in [0.15, 0.2) is 4.99 Å². The van der Waals surface area contributed by atoms with E-state index >= 15 is 0 Å². The molecule has 1 aliphatic rings. The second kappa shape index (κ2) is 4.02. The van der Waals surface area contributed by atoms with Crippen molar-refractivity contribution in [2.24, 2.45) is 10.9 Å². The minimum atomic E-state index is -0.776. The van der Waals surface area contributed by atoms with Gasteiger partial charge in [-0.05, 0) is 13.8 Å². The fourth-order valence-corrected chi connectivity index (χ4v) is 2.30. The Morgan fingerprint density at radius 1 is 1.62 bits per heavy atom. The van der Waals surface area contributed by atoms with Crippen molar-refractivity contribution < 1.29 is 9.53 Å². The van der Waals surface area contributed by atoms with Crippen molar-refractivity contribution in [1.29, 1.82) is 5.26 Å². The van der Waals surface area contributed by atoms with Gasteiger partial charge in [-0.15, -0.1) is 0 Å². The minimum absolute atomic E-state index is 0.228. The monoisotopic (exact) mass is 235 g/mol. The maximum Gasteiger partial charge on any atom is 0.275 e. The van der Waals surface area contributed by atoms with Crippen LogP contribution in [0.1, 0.15) is 23.5 Å². The number of nitriles is 1. The molecule has 0 fully saturated rings. The van der Waals surface area contributed by atoms with Crippen molar-refractivity contribution >= 4 is 28.6 Å². The van der Waals surface area contributed by atoms with Crippen molar-refractivity contribution in [2.75, 3.05) is 6.61 Å². The topological polar surface area (TPSA) is 75.3 Å². The van der Waals surface area contributed by atoms with Crippen LogP contribution in [0.2, 0.25) is 0 Å². The normalized spacial score (nSPS) is 18.7. The number of thiazole rings is 1. The number of hydrogen-bond donors (Lipinski definition) is 0. The van der Waals surface area contributed by atoms with Crippen LogP contribution in [-0.2, 0) is 0 Å². The number of rotatable bonds is 2. The number of nitrogens with zero attached hydrogens (tertiary/aromatic N) is 3. The van der Waals surface area contributed by atoms with Gasteiger partial charge < -0.3 is 4.74 Å². The molecule has 0 saturated heterocycles. The van der Waals surface area contributed by atoms with Gasteiger partial charge in [0.2, 0.25) is 0 Å². The molecule has 1 atom stereocenters. The van der Waals surface area contributed by atoms with Gasteiger partial charge in [0.25, 0.3) is 5.19 Å². The summed E-state index contributed by atoms with van der Waals surface area (Å²) in [6, 6.07) is 1.94. The molecule has 0 aromatic carbocycles. The summed E-state index contributed by atoms with van der Waals surface area (Å²) in [6.07, 6.45) is 0. The number of ketones is 1. The van der Waals surface area contributed by atoms with Crippen molar-refractivity contribution in [2.45, 2.75) is 13.8 Å². The highest BCUT2D eigenvalue weighted by atomic mass is 32.1. The Kier molecular flexibility index (Phi) is 2.71. The number of aromatic nitrogens is 1. The standard InChI is InChI=1S/C10H9N3O2S/c1-3-15-10-13-9-8(16-10)7(14)6(4-11)5(2)12-9/h6H,3H2,1-2H3. The Hall–Kier alpha value is -1.74. The number of aliphatic imine (C=N–C) groups is 1. The molecule has 0 N–H and O–H groups in total. The average molecular weight is 235 g/mol. The first-order valence-electron chi connectivity index (χ1n) is 4.80. The van der Waals surface area contributed by atoms with Gasteiger partial charge in [-0.2, -0.15) is 10.2 Å². The number of fused-ring (bicyclic) bond motifs is 1. The molecular weight excluding hydrogens is 226 g/mol. The molecule has 1 unspecified atom stereocenters. The van der Waals surface area contributed by atoms with Gasteiger partial charge in [0.15, 0.2) is 11.6 Å². The molecule has 2 rings (SSSR count). The summed E-state index contributed by atoms with van der Waals surface area (Å²) in [6.45, 7) is 3.99. The highest BCUT2D eigenvalue weighted by molar-refractivity contribution is 7.16. The molecular formula is C10H9N3O2S. The van der Waals surface area contributed by atoms with Crippen LogP contribution in [-0.4, -0.2) is 23.1 Å². The first-order chi connectivity index (χ1) is 7.67. The predicted octanol–water partition coefficient (Wildman–Crippen LogP) is 1.97. The van der Waals surface area contributed by atoms with Gasteiger partial charge in [0.05, 0.1) is 12.7 Å². The van der Waals surface area contributed by atoms with Crippen molar-refractivity contribution in [1.82, 2.24) is 4.98 Å². The zero-order valence-corrected chi connectivity index (χ0v) is 9.67. The smallest absolute Gasteiger partial charge is 0.275 e. The van der Waals surface area contributed by atoms with Crippen LogP contribution in [0.25, 0.3) is 0 Å². The Morgan fingerprint density at radius 2 is 2.38 bits per heavy atom. The molecule has 0 bridgehead atoms. The quantitative estimate of drug-likeness (QED) is 0.785. The van der Waals surface area contributed by atoms with E-state index in [9.17, 15) is 4.79 Å². The summed E-state index contributed by atoms with van der Waals surface area (Å²) < 4.78 is 5.21. The molecule has 0 saturated carbocycles. The summed E-state index contributed by atoms with van der Waals surface area (Å²) in [5.41, 5.74) is 0.494. The molecule has 1 aromatic heterocycles. The van der Waals surface area contributed by atoms with Crippen molar-refractivity contribution in [3.8, 4) is 11.3 Å². The summed E-state index contributed by atoms with van der Waals surface area (Å²) in [4.78, 5) is 20.5. The third-order valence-electron chi connectivity index (χ3n) is 2.17. The maximum atomic E-state index is 11.9. The lowest BCUT2D eigenvalue weighted by molar-refractivity contribution is 0.0977. The predicted molar refractivity (Wildman–Crippen MR) is 59.5 cm³/mol. The van der Waals surface area contributed by atoms with E-state index in [1.165, 1.54) is 0 Å². The second-order valence-electron chi connectivity index (χ2n) is 3.25. The van der Waals surface area contributed by atoms with Gasteiger partial charge in [0.1, 0.15) is 10.8 Å². The van der Waals surface area contributed by atoms with Crippen LogP contribution >= 0.6 is 11.3 Å². The molecule has 1 aromatic rings. The third-order valence-corrected chi connectivity index (χ3v) is 3.14. The van der Waals surface area contributed by atoms with E-state index in [-0.39, 0.29) is 5.78 Å². The molecule has 0 spiro atoms. The lowest BCUT2D eigenvalue weighted by Gasteiger charge is -2.10. The molecule has 16 heavy (non-hydrogen) atoms. The zero-order valence-electron chi connectivity index (χ0n) is 8.85. The number of Topliss-reactive ketones (excluding diaryl/α,β-unsaturated/α-hetero) is 1.